The number of carbonyl (C=O) groups excluding carboxylic acids is 3. The zero-order valence-electron chi connectivity index (χ0n) is 20.8. The maximum Gasteiger partial charge on any atom is 0.355 e. The van der Waals surface area contributed by atoms with E-state index in [9.17, 15) is 23.9 Å². The van der Waals surface area contributed by atoms with E-state index in [1.807, 2.05) is 0 Å². The standard InChI is InChI=1S/C27H30F3NO5S/c1-14-9-16-17-11-19(29)18-10-15(32)6-7-24(18,2)26(17,30)21(33)12-25(16,3)27(14,23(35)37-13-28)36-22(34)20-5-4-8-31-20/h4-8,10,14,16-17,19,21,31,33H,9,11-13H2,1-3H3/t14?,16-,17-,19?,21?,24-,25-,26?,27?/m0/s1. The number of aliphatic hydroxyl groups excluding tert-OH is 1. The summed E-state index contributed by atoms with van der Waals surface area (Å²) in [6.07, 6.45) is 1.51. The molecule has 1 aromatic heterocycles. The first kappa shape index (κ1) is 26.3. The van der Waals surface area contributed by atoms with Crippen molar-refractivity contribution >= 4 is 28.6 Å². The minimum absolute atomic E-state index is 0.000876. The largest absolute Gasteiger partial charge is 0.444 e. The smallest absolute Gasteiger partial charge is 0.355 e. The zero-order chi connectivity index (χ0) is 27.0. The number of esters is 1. The molecule has 10 heteroatoms. The minimum atomic E-state index is -2.33. The van der Waals surface area contributed by atoms with Gasteiger partial charge in [-0.15, -0.1) is 0 Å². The number of halogens is 3. The van der Waals surface area contributed by atoms with Crippen molar-refractivity contribution < 1.29 is 37.4 Å². The third-order valence-electron chi connectivity index (χ3n) is 9.73. The first-order chi connectivity index (χ1) is 17.4. The van der Waals surface area contributed by atoms with Gasteiger partial charge in [-0.05, 0) is 73.7 Å². The molecule has 0 amide bonds. The highest BCUT2D eigenvalue weighted by molar-refractivity contribution is 8.13. The number of fused-ring (bicyclic) bond motifs is 5. The molecule has 6 nitrogen and oxygen atoms in total. The lowest BCUT2D eigenvalue weighted by molar-refractivity contribution is -0.221. The second-order valence-corrected chi connectivity index (χ2v) is 12.1. The van der Waals surface area contributed by atoms with E-state index in [0.717, 1.165) is 6.08 Å². The Morgan fingerprint density at radius 2 is 2.00 bits per heavy atom. The predicted molar refractivity (Wildman–Crippen MR) is 131 cm³/mol. The van der Waals surface area contributed by atoms with Crippen LogP contribution in [-0.4, -0.2) is 56.5 Å². The van der Waals surface area contributed by atoms with Crippen LogP contribution >= 0.6 is 11.8 Å². The molecule has 3 fully saturated rings. The van der Waals surface area contributed by atoms with Crippen molar-refractivity contribution in [3.8, 4) is 0 Å². The Kier molecular flexibility index (Phi) is 6.10. The van der Waals surface area contributed by atoms with Crippen LogP contribution < -0.4 is 0 Å². The van der Waals surface area contributed by atoms with Gasteiger partial charge in [-0.25, -0.2) is 18.0 Å². The second kappa shape index (κ2) is 8.59. The zero-order valence-corrected chi connectivity index (χ0v) is 21.6. The number of rotatable bonds is 4. The van der Waals surface area contributed by atoms with Gasteiger partial charge in [-0.3, -0.25) is 9.59 Å². The molecule has 3 saturated carbocycles. The number of H-pyrrole nitrogens is 1. The molecule has 37 heavy (non-hydrogen) atoms. The number of allylic oxidation sites excluding steroid dienone is 4. The van der Waals surface area contributed by atoms with Crippen LogP contribution in [0.1, 0.15) is 50.5 Å². The van der Waals surface area contributed by atoms with E-state index in [2.05, 4.69) is 4.98 Å². The summed E-state index contributed by atoms with van der Waals surface area (Å²) in [6, 6.07) is 2.01. The summed E-state index contributed by atoms with van der Waals surface area (Å²) in [5.74, 6) is -3.64. The van der Waals surface area contributed by atoms with Crippen molar-refractivity contribution in [1.29, 1.82) is 0 Å². The molecular formula is C27H30F3NO5S. The van der Waals surface area contributed by atoms with Gasteiger partial charge < -0.3 is 14.8 Å². The summed E-state index contributed by atoms with van der Waals surface area (Å²) in [5, 5.41) is 10.8. The summed E-state index contributed by atoms with van der Waals surface area (Å²) in [5.41, 5.74) is -7.00. The van der Waals surface area contributed by atoms with E-state index in [0.29, 0.717) is 11.8 Å². The van der Waals surface area contributed by atoms with Crippen molar-refractivity contribution in [2.45, 2.75) is 63.6 Å². The Labute approximate surface area is 217 Å². The number of ketones is 1. The molecule has 9 atom stereocenters. The molecule has 0 radical (unpaired) electrons. The van der Waals surface area contributed by atoms with E-state index in [-0.39, 0.29) is 30.5 Å². The predicted octanol–water partition coefficient (Wildman–Crippen LogP) is 4.66. The average molecular weight is 538 g/mol. The van der Waals surface area contributed by atoms with Gasteiger partial charge in [0.2, 0.25) is 5.12 Å². The van der Waals surface area contributed by atoms with Crippen LogP contribution in [0.3, 0.4) is 0 Å². The van der Waals surface area contributed by atoms with E-state index in [4.69, 9.17) is 4.74 Å². The van der Waals surface area contributed by atoms with Crippen LogP contribution in [0.5, 0.6) is 0 Å². The van der Waals surface area contributed by atoms with Crippen molar-refractivity contribution in [3.63, 3.8) is 0 Å². The number of alkyl halides is 3. The number of hydrogen-bond donors (Lipinski definition) is 2. The van der Waals surface area contributed by atoms with Gasteiger partial charge in [0.25, 0.3) is 0 Å². The molecule has 0 aromatic carbocycles. The third-order valence-corrected chi connectivity index (χ3v) is 10.4. The fourth-order valence-electron chi connectivity index (χ4n) is 8.03. The molecule has 4 aliphatic carbocycles. The number of nitrogens with one attached hydrogen (secondary N) is 1. The van der Waals surface area contributed by atoms with Gasteiger partial charge in [0, 0.05) is 28.9 Å². The maximum absolute atomic E-state index is 17.4. The Morgan fingerprint density at radius 3 is 2.65 bits per heavy atom. The minimum Gasteiger partial charge on any atom is -0.444 e. The molecule has 4 aliphatic rings. The molecule has 0 bridgehead atoms. The monoisotopic (exact) mass is 537 g/mol. The first-order valence-electron chi connectivity index (χ1n) is 12.4. The molecule has 200 valence electrons. The van der Waals surface area contributed by atoms with Gasteiger partial charge in [0.05, 0.1) is 6.10 Å². The summed E-state index contributed by atoms with van der Waals surface area (Å²) in [7, 11) is 0. The van der Waals surface area contributed by atoms with Gasteiger partial charge in [-0.2, -0.15) is 0 Å². The highest BCUT2D eigenvalue weighted by Crippen LogP contribution is 2.72. The van der Waals surface area contributed by atoms with Crippen molar-refractivity contribution in [2.24, 2.45) is 28.6 Å². The quantitative estimate of drug-likeness (QED) is 0.543. The molecule has 0 saturated heterocycles. The highest BCUT2D eigenvalue weighted by Gasteiger charge is 2.78. The van der Waals surface area contributed by atoms with Crippen molar-refractivity contribution in [2.75, 3.05) is 6.01 Å². The van der Waals surface area contributed by atoms with E-state index in [1.54, 1.807) is 19.9 Å². The fraction of sp³-hybridized carbons (Fsp3) is 0.593. The third kappa shape index (κ3) is 3.27. The van der Waals surface area contributed by atoms with E-state index >= 15 is 8.78 Å². The SMILES string of the molecule is CC1C[C@H]2[C@@H]3CC(F)C4=CC(=O)C=C[C@]4(C)C3(F)C(O)C[C@]2(C)C1(OC(=O)c1ccc[nH]1)C(=O)SCF. The highest BCUT2D eigenvalue weighted by atomic mass is 32.2. The molecule has 2 N–H and O–H groups in total. The number of ether oxygens (including phenoxy) is 1. The van der Waals surface area contributed by atoms with Gasteiger partial charge in [-0.1, -0.05) is 19.9 Å². The Morgan fingerprint density at radius 1 is 1.27 bits per heavy atom. The van der Waals surface area contributed by atoms with Gasteiger partial charge in [0.15, 0.2) is 17.1 Å². The Hall–Kier alpha value is -2.33. The fourth-order valence-corrected chi connectivity index (χ4v) is 8.82. The molecule has 1 heterocycles. The Balaban J connectivity index is 1.64. The van der Waals surface area contributed by atoms with Crippen LogP contribution in [0.4, 0.5) is 13.2 Å². The lowest BCUT2D eigenvalue weighted by Gasteiger charge is -2.63. The number of carbonyl (C=O) groups is 3. The van der Waals surface area contributed by atoms with Gasteiger partial charge in [0.1, 0.15) is 17.9 Å². The van der Waals surface area contributed by atoms with Gasteiger partial charge >= 0.3 is 5.97 Å². The molecule has 5 rings (SSSR count). The van der Waals surface area contributed by atoms with Crippen LogP contribution in [-0.2, 0) is 14.3 Å². The summed E-state index contributed by atoms with van der Waals surface area (Å²) in [4.78, 5) is 41.5. The molecule has 0 aliphatic heterocycles. The summed E-state index contributed by atoms with van der Waals surface area (Å²) >= 11 is 0.372. The van der Waals surface area contributed by atoms with Crippen LogP contribution in [0.2, 0.25) is 0 Å². The number of aromatic nitrogens is 1. The lowest BCUT2D eigenvalue weighted by Crippen LogP contribution is -2.70. The molecule has 1 aromatic rings. The Bertz CT molecular complexity index is 1200. The topological polar surface area (TPSA) is 96.5 Å². The van der Waals surface area contributed by atoms with Crippen LogP contribution in [0.25, 0.3) is 0 Å². The number of aliphatic hydroxyl groups is 1. The molecule has 0 spiro atoms. The average Bonchev–Trinajstić information content (AvgIpc) is 3.45. The molecule has 5 unspecified atom stereocenters. The van der Waals surface area contributed by atoms with Crippen molar-refractivity contribution in [1.82, 2.24) is 4.98 Å². The van der Waals surface area contributed by atoms with Crippen molar-refractivity contribution in [3.05, 3.63) is 47.8 Å². The summed E-state index contributed by atoms with van der Waals surface area (Å²) in [6.45, 7) is 4.84. The lowest BCUT2D eigenvalue weighted by atomic mass is 9.44. The number of aromatic amines is 1. The maximum atomic E-state index is 17.4. The molecular weight excluding hydrogens is 507 g/mol. The van der Waals surface area contributed by atoms with E-state index < -0.39 is 75.0 Å². The van der Waals surface area contributed by atoms with Crippen LogP contribution in [0, 0.1) is 28.6 Å². The summed E-state index contributed by atoms with van der Waals surface area (Å²) < 4.78 is 52.5. The number of hydrogen-bond acceptors (Lipinski definition) is 6. The first-order valence-corrected chi connectivity index (χ1v) is 13.4. The second-order valence-electron chi connectivity index (χ2n) is 11.2. The van der Waals surface area contributed by atoms with Crippen LogP contribution in [0.15, 0.2) is 42.1 Å². The normalized spacial score (nSPS) is 44.5. The van der Waals surface area contributed by atoms with E-state index in [1.165, 1.54) is 31.3 Å². The number of thioether (sulfide) groups is 1.